The van der Waals surface area contributed by atoms with Crippen LogP contribution >= 0.6 is 0 Å². The molecule has 0 saturated carbocycles. The van der Waals surface area contributed by atoms with Crippen LogP contribution in [0.2, 0.25) is 0 Å². The third-order valence-electron chi connectivity index (χ3n) is 6.30. The van der Waals surface area contributed by atoms with Crippen LogP contribution in [-0.4, -0.2) is 53.7 Å². The minimum atomic E-state index is -0.520. The smallest absolute Gasteiger partial charge is 0.410 e. The molecule has 0 radical (unpaired) electrons. The maximum absolute atomic E-state index is 13.4. The third-order valence-corrected chi connectivity index (χ3v) is 6.30. The Labute approximate surface area is 213 Å². The van der Waals surface area contributed by atoms with E-state index in [-0.39, 0.29) is 18.0 Å². The number of amides is 2. The summed E-state index contributed by atoms with van der Waals surface area (Å²) in [5.41, 5.74) is 3.38. The number of rotatable bonds is 5. The van der Waals surface area contributed by atoms with E-state index in [0.717, 1.165) is 42.9 Å². The second kappa shape index (κ2) is 10.8. The summed E-state index contributed by atoms with van der Waals surface area (Å²) in [6.45, 7) is 7.10. The van der Waals surface area contributed by atoms with E-state index in [0.29, 0.717) is 11.3 Å². The monoisotopic (exact) mass is 486 g/mol. The van der Waals surface area contributed by atoms with Crippen LogP contribution in [0, 0.1) is 0 Å². The average Bonchev–Trinajstić information content (AvgIpc) is 2.88. The second-order valence-corrected chi connectivity index (χ2v) is 10.0. The molecule has 2 aromatic carbocycles. The lowest BCUT2D eigenvalue weighted by Crippen LogP contribution is -2.47. The summed E-state index contributed by atoms with van der Waals surface area (Å²) in [6.07, 6.45) is 3.04. The van der Waals surface area contributed by atoms with Gasteiger partial charge in [-0.25, -0.2) is 4.79 Å². The molecule has 1 saturated heterocycles. The predicted molar refractivity (Wildman–Crippen MR) is 143 cm³/mol. The summed E-state index contributed by atoms with van der Waals surface area (Å²) in [5.74, 6) is -0.165. The third kappa shape index (κ3) is 6.03. The van der Waals surface area contributed by atoms with E-state index in [1.807, 2.05) is 87.5 Å². The van der Waals surface area contributed by atoms with Crippen molar-refractivity contribution in [3.8, 4) is 11.3 Å². The fourth-order valence-electron chi connectivity index (χ4n) is 4.45. The number of carbonyl (C=O) groups is 2. The van der Waals surface area contributed by atoms with Crippen molar-refractivity contribution < 1.29 is 14.3 Å². The maximum atomic E-state index is 13.4. The Balaban J connectivity index is 1.46. The first-order valence-corrected chi connectivity index (χ1v) is 12.3. The molecule has 4 rings (SSSR count). The first-order chi connectivity index (χ1) is 17.2. The Kier molecular flexibility index (Phi) is 7.58. The Bertz CT molecular complexity index is 1200. The fraction of sp³-hybridized carbons (Fsp3) is 0.345. The lowest BCUT2D eigenvalue weighted by atomic mass is 10.0. The van der Waals surface area contributed by atoms with Crippen molar-refractivity contribution in [2.45, 2.75) is 45.3 Å². The van der Waals surface area contributed by atoms with E-state index < -0.39 is 5.60 Å². The van der Waals surface area contributed by atoms with Gasteiger partial charge in [0.2, 0.25) is 0 Å². The number of para-hydroxylation sites is 2. The van der Waals surface area contributed by atoms with Crippen molar-refractivity contribution in [2.24, 2.45) is 0 Å². The lowest BCUT2D eigenvalue weighted by Gasteiger charge is -2.38. The van der Waals surface area contributed by atoms with E-state index in [1.165, 1.54) is 0 Å². The van der Waals surface area contributed by atoms with Crippen LogP contribution in [0.15, 0.2) is 72.9 Å². The first kappa shape index (κ1) is 25.2. The van der Waals surface area contributed by atoms with Gasteiger partial charge in [-0.15, -0.1) is 0 Å². The van der Waals surface area contributed by atoms with Gasteiger partial charge >= 0.3 is 6.09 Å². The van der Waals surface area contributed by atoms with Crippen LogP contribution in [0.25, 0.3) is 11.3 Å². The Morgan fingerprint density at radius 2 is 1.64 bits per heavy atom. The molecule has 36 heavy (non-hydrogen) atoms. The van der Waals surface area contributed by atoms with Gasteiger partial charge in [-0.2, -0.15) is 0 Å². The second-order valence-electron chi connectivity index (χ2n) is 10.0. The Morgan fingerprint density at radius 1 is 0.972 bits per heavy atom. The number of piperidine rings is 1. The van der Waals surface area contributed by atoms with Gasteiger partial charge in [0, 0.05) is 43.6 Å². The highest BCUT2D eigenvalue weighted by Gasteiger charge is 2.29. The highest BCUT2D eigenvalue weighted by molar-refractivity contribution is 6.09. The number of carbonyl (C=O) groups excluding carboxylic acids is 2. The quantitative estimate of drug-likeness (QED) is 0.491. The minimum absolute atomic E-state index is 0.0994. The number of nitrogens with one attached hydrogen (secondary N) is 1. The summed E-state index contributed by atoms with van der Waals surface area (Å²) < 4.78 is 5.53. The van der Waals surface area contributed by atoms with E-state index in [2.05, 4.69) is 15.2 Å². The van der Waals surface area contributed by atoms with Crippen LogP contribution in [0.1, 0.15) is 44.0 Å². The molecule has 7 heteroatoms. The number of ether oxygens (including phenoxy) is 1. The molecular weight excluding hydrogens is 452 g/mol. The Hall–Kier alpha value is -3.87. The van der Waals surface area contributed by atoms with Gasteiger partial charge in [0.25, 0.3) is 5.91 Å². The van der Waals surface area contributed by atoms with Crippen molar-refractivity contribution in [3.63, 3.8) is 0 Å². The fourth-order valence-corrected chi connectivity index (χ4v) is 4.45. The van der Waals surface area contributed by atoms with Gasteiger partial charge in [-0.3, -0.25) is 9.78 Å². The molecule has 1 aromatic heterocycles. The number of hydrogen-bond donors (Lipinski definition) is 1. The van der Waals surface area contributed by atoms with Crippen molar-refractivity contribution >= 4 is 23.4 Å². The summed E-state index contributed by atoms with van der Waals surface area (Å²) in [4.78, 5) is 34.3. The molecule has 3 aromatic rings. The summed E-state index contributed by atoms with van der Waals surface area (Å²) in [7, 11) is 1.80. The van der Waals surface area contributed by atoms with Crippen molar-refractivity contribution in [1.29, 1.82) is 0 Å². The molecule has 1 aliphatic heterocycles. The summed E-state index contributed by atoms with van der Waals surface area (Å²) in [5, 5.41) is 3.09. The van der Waals surface area contributed by atoms with Gasteiger partial charge in [0.1, 0.15) is 5.60 Å². The Morgan fingerprint density at radius 3 is 2.33 bits per heavy atom. The molecule has 0 atom stereocenters. The van der Waals surface area contributed by atoms with E-state index in [9.17, 15) is 9.59 Å². The number of aromatic nitrogens is 1. The standard InChI is InChI=1S/C29H34N4O3/c1-29(2,3)36-28(35)32(4)21-16-19-33(20-17-21)26-15-8-6-12-23(26)27(34)31-25-14-7-5-11-22(25)24-13-9-10-18-30-24/h5-15,18,21H,16-17,19-20H2,1-4H3,(H,31,34). The van der Waals surface area contributed by atoms with Crippen molar-refractivity contribution in [1.82, 2.24) is 9.88 Å². The number of anilines is 2. The van der Waals surface area contributed by atoms with Crippen molar-refractivity contribution in [3.05, 3.63) is 78.5 Å². The normalized spacial score (nSPS) is 14.3. The molecular formula is C29H34N4O3. The molecule has 0 aliphatic carbocycles. The number of benzene rings is 2. The van der Waals surface area contributed by atoms with Crippen LogP contribution in [0.5, 0.6) is 0 Å². The number of pyridine rings is 1. The molecule has 2 amide bonds. The highest BCUT2D eigenvalue weighted by Crippen LogP contribution is 2.29. The zero-order valence-electron chi connectivity index (χ0n) is 21.4. The topological polar surface area (TPSA) is 74.8 Å². The maximum Gasteiger partial charge on any atom is 0.410 e. The predicted octanol–water partition coefficient (Wildman–Crippen LogP) is 5.84. The minimum Gasteiger partial charge on any atom is -0.444 e. The van der Waals surface area contributed by atoms with E-state index in [1.54, 1.807) is 18.1 Å². The van der Waals surface area contributed by atoms with Gasteiger partial charge in [-0.05, 0) is 63.9 Å². The molecule has 0 spiro atoms. The van der Waals surface area contributed by atoms with Crippen LogP contribution in [-0.2, 0) is 4.74 Å². The largest absolute Gasteiger partial charge is 0.444 e. The van der Waals surface area contributed by atoms with Crippen molar-refractivity contribution in [2.75, 3.05) is 30.4 Å². The van der Waals surface area contributed by atoms with Gasteiger partial charge < -0.3 is 19.9 Å². The first-order valence-electron chi connectivity index (χ1n) is 12.3. The van der Waals surface area contributed by atoms with E-state index >= 15 is 0 Å². The van der Waals surface area contributed by atoms with E-state index in [4.69, 9.17) is 4.74 Å². The molecule has 7 nitrogen and oxygen atoms in total. The van der Waals surface area contributed by atoms with Gasteiger partial charge in [0.15, 0.2) is 0 Å². The number of hydrogen-bond acceptors (Lipinski definition) is 5. The molecule has 1 fully saturated rings. The highest BCUT2D eigenvalue weighted by atomic mass is 16.6. The van der Waals surface area contributed by atoms with Crippen LogP contribution < -0.4 is 10.2 Å². The molecule has 188 valence electrons. The molecule has 0 unspecified atom stereocenters. The lowest BCUT2D eigenvalue weighted by molar-refractivity contribution is 0.0201. The summed E-state index contributed by atoms with van der Waals surface area (Å²) >= 11 is 0. The SMILES string of the molecule is CN(C(=O)OC(C)(C)C)C1CCN(c2ccccc2C(=O)Nc2ccccc2-c2ccccn2)CC1. The molecule has 0 bridgehead atoms. The molecule has 1 N–H and O–H groups in total. The number of nitrogens with zero attached hydrogens (tertiary/aromatic N) is 3. The van der Waals surface area contributed by atoms with Gasteiger partial charge in [-0.1, -0.05) is 36.4 Å². The zero-order chi connectivity index (χ0) is 25.7. The molecule has 1 aliphatic rings. The van der Waals surface area contributed by atoms with Crippen LogP contribution in [0.4, 0.5) is 16.2 Å². The van der Waals surface area contributed by atoms with Gasteiger partial charge in [0.05, 0.1) is 16.9 Å². The molecule has 2 heterocycles. The zero-order valence-corrected chi connectivity index (χ0v) is 21.4. The summed E-state index contributed by atoms with van der Waals surface area (Å²) in [6, 6.07) is 21.2. The average molecular weight is 487 g/mol. The van der Waals surface area contributed by atoms with Crippen LogP contribution in [0.3, 0.4) is 0 Å².